The van der Waals surface area contributed by atoms with E-state index in [1.54, 1.807) is 32.4 Å². The van der Waals surface area contributed by atoms with Crippen LogP contribution in [0, 0.1) is 10.1 Å². The predicted molar refractivity (Wildman–Crippen MR) is 100 cm³/mol. The zero-order valence-corrected chi connectivity index (χ0v) is 15.2. The molecule has 3 rings (SSSR count). The number of hydrogen-bond acceptors (Lipinski definition) is 6. The molecule has 2 aromatic rings. The van der Waals surface area contributed by atoms with Crippen LogP contribution >= 0.6 is 0 Å². The van der Waals surface area contributed by atoms with Gasteiger partial charge in [-0.15, -0.1) is 0 Å². The van der Waals surface area contributed by atoms with Crippen LogP contribution in [0.4, 0.5) is 11.4 Å². The molecule has 0 spiro atoms. The molecule has 2 aromatic carbocycles. The summed E-state index contributed by atoms with van der Waals surface area (Å²) in [6, 6.07) is 9.96. The molecule has 1 aliphatic carbocycles. The third-order valence-electron chi connectivity index (χ3n) is 4.30. The lowest BCUT2D eigenvalue weighted by atomic mass is 10.1. The number of carbonyl (C=O) groups excluding carboxylic acids is 1. The molecule has 8 nitrogen and oxygen atoms in total. The first kappa shape index (κ1) is 18.5. The highest BCUT2D eigenvalue weighted by Crippen LogP contribution is 2.30. The van der Waals surface area contributed by atoms with E-state index < -0.39 is 4.92 Å². The minimum absolute atomic E-state index is 0.118. The number of benzene rings is 2. The van der Waals surface area contributed by atoms with E-state index in [2.05, 4.69) is 10.6 Å². The summed E-state index contributed by atoms with van der Waals surface area (Å²) in [5.41, 5.74) is 1.57. The molecule has 1 fully saturated rings. The van der Waals surface area contributed by atoms with Crippen molar-refractivity contribution in [1.82, 2.24) is 5.32 Å². The first-order chi connectivity index (χ1) is 13.0. The second-order valence-electron chi connectivity index (χ2n) is 6.28. The molecule has 0 radical (unpaired) electrons. The lowest BCUT2D eigenvalue weighted by Gasteiger charge is -2.13. The van der Waals surface area contributed by atoms with Gasteiger partial charge in [0.05, 0.1) is 24.7 Å². The Hall–Kier alpha value is -3.29. The largest absolute Gasteiger partial charge is 0.493 e. The van der Waals surface area contributed by atoms with Gasteiger partial charge in [-0.05, 0) is 36.6 Å². The Morgan fingerprint density at radius 2 is 1.89 bits per heavy atom. The molecular formula is C19H21N3O5. The third-order valence-corrected chi connectivity index (χ3v) is 4.30. The summed E-state index contributed by atoms with van der Waals surface area (Å²) in [5.74, 6) is 0.787. The number of nitrogens with one attached hydrogen (secondary N) is 2. The average molecular weight is 371 g/mol. The van der Waals surface area contributed by atoms with Crippen molar-refractivity contribution in [3.8, 4) is 11.5 Å². The lowest BCUT2D eigenvalue weighted by molar-refractivity contribution is -0.384. The highest BCUT2D eigenvalue weighted by molar-refractivity contribution is 6.00. The van der Waals surface area contributed by atoms with Gasteiger partial charge in [0.15, 0.2) is 11.5 Å². The van der Waals surface area contributed by atoms with Crippen LogP contribution in [0.2, 0.25) is 0 Å². The van der Waals surface area contributed by atoms with Gasteiger partial charge in [0.2, 0.25) is 0 Å². The smallest absolute Gasteiger partial charge is 0.270 e. The van der Waals surface area contributed by atoms with E-state index in [9.17, 15) is 14.9 Å². The standard InChI is InChI=1S/C19H21N3O5/c1-26-17-8-3-12(9-18(17)27-2)11-20-19(23)15-10-14(22(24)25)6-7-16(15)21-13-4-5-13/h3,6-10,13,21H,4-5,11H2,1-2H3,(H,20,23). The molecule has 0 aliphatic heterocycles. The van der Waals surface area contributed by atoms with Gasteiger partial charge in [-0.3, -0.25) is 14.9 Å². The second-order valence-corrected chi connectivity index (χ2v) is 6.28. The highest BCUT2D eigenvalue weighted by atomic mass is 16.6. The van der Waals surface area contributed by atoms with Crippen LogP contribution in [0.25, 0.3) is 0 Å². The number of carbonyl (C=O) groups is 1. The third kappa shape index (κ3) is 4.46. The van der Waals surface area contributed by atoms with E-state index in [1.165, 1.54) is 12.1 Å². The number of nitrogens with zero attached hydrogens (tertiary/aromatic N) is 1. The van der Waals surface area contributed by atoms with Crippen molar-refractivity contribution in [3.63, 3.8) is 0 Å². The van der Waals surface area contributed by atoms with Crippen molar-refractivity contribution >= 4 is 17.3 Å². The maximum absolute atomic E-state index is 12.7. The molecule has 27 heavy (non-hydrogen) atoms. The molecule has 142 valence electrons. The van der Waals surface area contributed by atoms with Gasteiger partial charge in [-0.1, -0.05) is 6.07 Å². The first-order valence-electron chi connectivity index (χ1n) is 8.56. The van der Waals surface area contributed by atoms with Crippen molar-refractivity contribution in [2.24, 2.45) is 0 Å². The lowest BCUT2D eigenvalue weighted by Crippen LogP contribution is -2.24. The summed E-state index contributed by atoms with van der Waals surface area (Å²) < 4.78 is 10.5. The number of nitro benzene ring substituents is 1. The van der Waals surface area contributed by atoms with Crippen molar-refractivity contribution in [2.45, 2.75) is 25.4 Å². The minimum Gasteiger partial charge on any atom is -0.493 e. The molecule has 1 aliphatic rings. The monoisotopic (exact) mass is 371 g/mol. The number of nitro groups is 1. The number of methoxy groups -OCH3 is 2. The Morgan fingerprint density at radius 1 is 1.15 bits per heavy atom. The second kappa shape index (κ2) is 7.94. The minimum atomic E-state index is -0.508. The molecule has 0 heterocycles. The summed E-state index contributed by atoms with van der Waals surface area (Å²) in [6.45, 7) is 0.255. The van der Waals surface area contributed by atoms with Gasteiger partial charge in [-0.2, -0.15) is 0 Å². The zero-order valence-electron chi connectivity index (χ0n) is 15.2. The summed E-state index contributed by atoms with van der Waals surface area (Å²) >= 11 is 0. The average Bonchev–Trinajstić information content (AvgIpc) is 3.49. The summed E-state index contributed by atoms with van der Waals surface area (Å²) in [6.07, 6.45) is 2.06. The van der Waals surface area contributed by atoms with Gasteiger partial charge in [0.1, 0.15) is 0 Å². The topological polar surface area (TPSA) is 103 Å². The number of ether oxygens (including phenoxy) is 2. The summed E-state index contributed by atoms with van der Waals surface area (Å²) in [4.78, 5) is 23.2. The molecule has 1 saturated carbocycles. The Labute approximate surface area is 156 Å². The Morgan fingerprint density at radius 3 is 2.52 bits per heavy atom. The fourth-order valence-electron chi connectivity index (χ4n) is 2.68. The van der Waals surface area contributed by atoms with E-state index in [0.717, 1.165) is 18.4 Å². The Kier molecular flexibility index (Phi) is 5.44. The fourth-order valence-corrected chi connectivity index (χ4v) is 2.68. The van der Waals surface area contributed by atoms with Crippen LogP contribution in [-0.4, -0.2) is 31.1 Å². The van der Waals surface area contributed by atoms with Crippen LogP contribution < -0.4 is 20.1 Å². The Bertz CT molecular complexity index is 864. The molecular weight excluding hydrogens is 350 g/mol. The number of non-ortho nitro benzene ring substituents is 1. The SMILES string of the molecule is COc1ccc(CNC(=O)c2cc([N+](=O)[O-])ccc2NC2CC2)cc1OC. The van der Waals surface area contributed by atoms with E-state index in [0.29, 0.717) is 23.2 Å². The fraction of sp³-hybridized carbons (Fsp3) is 0.316. The van der Waals surface area contributed by atoms with Crippen LogP contribution in [0.15, 0.2) is 36.4 Å². The van der Waals surface area contributed by atoms with Gasteiger partial charge in [-0.25, -0.2) is 0 Å². The van der Waals surface area contributed by atoms with Gasteiger partial charge in [0, 0.05) is 30.4 Å². The van der Waals surface area contributed by atoms with Crippen molar-refractivity contribution in [3.05, 3.63) is 57.6 Å². The van der Waals surface area contributed by atoms with Crippen LogP contribution in [-0.2, 0) is 6.54 Å². The summed E-state index contributed by atoms with van der Waals surface area (Å²) in [5, 5.41) is 17.1. The van der Waals surface area contributed by atoms with E-state index in [1.807, 2.05) is 6.07 Å². The maximum atomic E-state index is 12.7. The molecule has 0 unspecified atom stereocenters. The Balaban J connectivity index is 1.76. The van der Waals surface area contributed by atoms with Crippen molar-refractivity contribution in [2.75, 3.05) is 19.5 Å². The van der Waals surface area contributed by atoms with Gasteiger partial charge < -0.3 is 20.1 Å². The summed E-state index contributed by atoms with van der Waals surface area (Å²) in [7, 11) is 3.09. The zero-order chi connectivity index (χ0) is 19.4. The maximum Gasteiger partial charge on any atom is 0.270 e. The van der Waals surface area contributed by atoms with E-state index in [-0.39, 0.29) is 23.7 Å². The molecule has 2 N–H and O–H groups in total. The quantitative estimate of drug-likeness (QED) is 0.546. The molecule has 8 heteroatoms. The van der Waals surface area contributed by atoms with Gasteiger partial charge >= 0.3 is 0 Å². The molecule has 0 aromatic heterocycles. The van der Waals surface area contributed by atoms with Gasteiger partial charge in [0.25, 0.3) is 11.6 Å². The van der Waals surface area contributed by atoms with Crippen LogP contribution in [0.3, 0.4) is 0 Å². The number of amides is 1. The number of hydrogen-bond donors (Lipinski definition) is 2. The van der Waals surface area contributed by atoms with E-state index >= 15 is 0 Å². The number of rotatable bonds is 8. The number of anilines is 1. The molecule has 0 bridgehead atoms. The predicted octanol–water partition coefficient (Wildman–Crippen LogP) is 3.12. The van der Waals surface area contributed by atoms with Crippen molar-refractivity contribution in [1.29, 1.82) is 0 Å². The molecule has 0 atom stereocenters. The molecule has 1 amide bonds. The normalized spacial score (nSPS) is 13.0. The molecule has 0 saturated heterocycles. The van der Waals surface area contributed by atoms with Crippen LogP contribution in [0.1, 0.15) is 28.8 Å². The first-order valence-corrected chi connectivity index (χ1v) is 8.56. The van der Waals surface area contributed by atoms with Crippen molar-refractivity contribution < 1.29 is 19.2 Å². The van der Waals surface area contributed by atoms with Crippen LogP contribution in [0.5, 0.6) is 11.5 Å². The highest BCUT2D eigenvalue weighted by Gasteiger charge is 2.24. The van der Waals surface area contributed by atoms with E-state index in [4.69, 9.17) is 9.47 Å².